The fourth-order valence-electron chi connectivity index (χ4n) is 4.39. The summed E-state index contributed by atoms with van der Waals surface area (Å²) in [6.45, 7) is 1.17. The van der Waals surface area contributed by atoms with Crippen LogP contribution >= 0.6 is 11.3 Å². The topological polar surface area (TPSA) is 73.1 Å². The van der Waals surface area contributed by atoms with Gasteiger partial charge in [0.05, 0.1) is 30.5 Å². The number of hydrogen-bond donors (Lipinski definition) is 0. The molecule has 5 rings (SSSR count). The Morgan fingerprint density at radius 1 is 0.784 bits per heavy atom. The first-order chi connectivity index (χ1) is 18.0. The Hall–Kier alpha value is -3.40. The van der Waals surface area contributed by atoms with Crippen LogP contribution in [0.25, 0.3) is 16.9 Å². The first-order valence-corrected chi connectivity index (χ1v) is 14.5. The second-order valence-corrected chi connectivity index (χ2v) is 11.5. The van der Waals surface area contributed by atoms with Gasteiger partial charge < -0.3 is 9.47 Å². The Labute approximate surface area is 221 Å². The summed E-state index contributed by atoms with van der Waals surface area (Å²) < 4.78 is 40.5. The number of aromatic nitrogens is 1. The van der Waals surface area contributed by atoms with E-state index in [0.29, 0.717) is 18.0 Å². The Balaban J connectivity index is 1.56. The van der Waals surface area contributed by atoms with Crippen molar-refractivity contribution in [3.05, 3.63) is 83.0 Å². The Morgan fingerprint density at radius 2 is 1.38 bits per heavy atom. The highest BCUT2D eigenvalue weighted by atomic mass is 32.2. The van der Waals surface area contributed by atoms with Gasteiger partial charge in [0, 0.05) is 24.2 Å². The summed E-state index contributed by atoms with van der Waals surface area (Å²) in [7, 11) is -0.207. The molecule has 0 saturated carbocycles. The molecule has 0 amide bonds. The lowest BCUT2D eigenvalue weighted by molar-refractivity contribution is 0.346. The molecule has 0 bridgehead atoms. The quantitative estimate of drug-likeness (QED) is 0.307. The number of sulfonamides is 1. The first kappa shape index (κ1) is 25.3. The smallest absolute Gasteiger partial charge is 0.243 e. The maximum Gasteiger partial charge on any atom is 0.243 e. The lowest BCUT2D eigenvalue weighted by Crippen LogP contribution is -2.35. The summed E-state index contributed by atoms with van der Waals surface area (Å²) in [5, 5.41) is 2.04. The van der Waals surface area contributed by atoms with Crippen molar-refractivity contribution in [1.29, 1.82) is 0 Å². The van der Waals surface area contributed by atoms with E-state index >= 15 is 0 Å². The zero-order valence-corrected chi connectivity index (χ0v) is 22.5. The average Bonchev–Trinajstić information content (AvgIpc) is 3.37. The van der Waals surface area contributed by atoms with Crippen molar-refractivity contribution in [1.82, 2.24) is 8.87 Å². The van der Waals surface area contributed by atoms with E-state index in [0.717, 1.165) is 58.2 Å². The molecular weight excluding hydrogens is 506 g/mol. The molecule has 7 nitrogen and oxygen atoms in total. The molecule has 37 heavy (non-hydrogen) atoms. The summed E-state index contributed by atoms with van der Waals surface area (Å²) in [6.07, 6.45) is 2.90. The van der Waals surface area contributed by atoms with Gasteiger partial charge in [-0.2, -0.15) is 4.31 Å². The summed E-state index contributed by atoms with van der Waals surface area (Å²) >= 11 is 1.52. The lowest BCUT2D eigenvalue weighted by Gasteiger charge is -2.25. The van der Waals surface area contributed by atoms with Gasteiger partial charge in [-0.15, -0.1) is 11.3 Å². The van der Waals surface area contributed by atoms with Crippen LogP contribution in [0.4, 0.5) is 5.69 Å². The highest BCUT2D eigenvalue weighted by Gasteiger charge is 2.26. The van der Waals surface area contributed by atoms with E-state index in [9.17, 15) is 8.42 Å². The fraction of sp³-hybridized carbons (Fsp3) is 0.250. The minimum Gasteiger partial charge on any atom is -0.497 e. The molecule has 192 valence electrons. The summed E-state index contributed by atoms with van der Waals surface area (Å²) in [6, 6.07) is 22.5. The van der Waals surface area contributed by atoms with Gasteiger partial charge in [0.2, 0.25) is 10.0 Å². The van der Waals surface area contributed by atoms with Gasteiger partial charge in [-0.1, -0.05) is 18.6 Å². The van der Waals surface area contributed by atoms with Gasteiger partial charge in [0.25, 0.3) is 0 Å². The van der Waals surface area contributed by atoms with Gasteiger partial charge in [0.15, 0.2) is 4.80 Å². The van der Waals surface area contributed by atoms with Crippen molar-refractivity contribution in [2.45, 2.75) is 24.2 Å². The molecule has 1 aliphatic rings. The van der Waals surface area contributed by atoms with Crippen LogP contribution < -0.4 is 14.3 Å². The van der Waals surface area contributed by atoms with Crippen molar-refractivity contribution < 1.29 is 17.9 Å². The standard InChI is InChI=1S/C28H29N3O4S2/c1-34-24-12-8-22(9-13-24)29-28-31(23-10-14-25(35-2)15-11-23)27(20-36-28)21-6-16-26(17-7-21)37(32,33)30-18-4-3-5-19-30/h6-17,20H,3-5,18-19H2,1-2H3. The zero-order chi connectivity index (χ0) is 25.8. The summed E-state index contributed by atoms with van der Waals surface area (Å²) in [5.41, 5.74) is 3.55. The Bertz CT molecular complexity index is 1520. The molecule has 0 atom stereocenters. The molecule has 2 heterocycles. The van der Waals surface area contributed by atoms with E-state index in [4.69, 9.17) is 14.5 Å². The maximum atomic E-state index is 13.1. The molecule has 1 fully saturated rings. The van der Waals surface area contributed by atoms with E-state index < -0.39 is 10.0 Å². The van der Waals surface area contributed by atoms with Crippen molar-refractivity contribution >= 4 is 27.0 Å². The number of nitrogens with zero attached hydrogens (tertiary/aromatic N) is 3. The molecule has 0 unspecified atom stereocenters. The second-order valence-electron chi connectivity index (χ2n) is 8.74. The largest absolute Gasteiger partial charge is 0.497 e. The van der Waals surface area contributed by atoms with Crippen molar-refractivity contribution in [3.63, 3.8) is 0 Å². The third-order valence-corrected chi connectivity index (χ3v) is 9.18. The van der Waals surface area contributed by atoms with Gasteiger partial charge in [-0.25, -0.2) is 13.4 Å². The molecule has 1 aliphatic heterocycles. The molecule has 0 spiro atoms. The molecule has 0 aliphatic carbocycles. The van der Waals surface area contributed by atoms with Gasteiger partial charge >= 0.3 is 0 Å². The molecule has 3 aromatic carbocycles. The molecule has 4 aromatic rings. The molecule has 0 N–H and O–H groups in total. The van der Waals surface area contributed by atoms with E-state index in [1.807, 2.05) is 66.0 Å². The number of rotatable bonds is 7. The highest BCUT2D eigenvalue weighted by Crippen LogP contribution is 2.28. The number of piperidine rings is 1. The minimum absolute atomic E-state index is 0.326. The molecule has 0 radical (unpaired) electrons. The highest BCUT2D eigenvalue weighted by molar-refractivity contribution is 7.89. The molecule has 9 heteroatoms. The predicted molar refractivity (Wildman–Crippen MR) is 146 cm³/mol. The van der Waals surface area contributed by atoms with E-state index in [1.165, 1.54) is 11.3 Å². The second kappa shape index (κ2) is 10.9. The maximum absolute atomic E-state index is 13.1. The van der Waals surface area contributed by atoms with Gasteiger partial charge in [-0.3, -0.25) is 4.57 Å². The predicted octanol–water partition coefficient (Wildman–Crippen LogP) is 5.63. The van der Waals surface area contributed by atoms with Crippen LogP contribution in [0, 0.1) is 0 Å². The zero-order valence-electron chi connectivity index (χ0n) is 20.8. The Kier molecular flexibility index (Phi) is 7.45. The van der Waals surface area contributed by atoms with Crippen LogP contribution in [0.1, 0.15) is 19.3 Å². The monoisotopic (exact) mass is 535 g/mol. The van der Waals surface area contributed by atoms with E-state index in [-0.39, 0.29) is 0 Å². The van der Waals surface area contributed by atoms with E-state index in [2.05, 4.69) is 4.57 Å². The number of methoxy groups -OCH3 is 2. The number of benzene rings is 3. The van der Waals surface area contributed by atoms with E-state index in [1.54, 1.807) is 30.7 Å². The van der Waals surface area contributed by atoms with Crippen LogP contribution in [0.15, 0.2) is 88.1 Å². The SMILES string of the molecule is COc1ccc(N=c2scc(-c3ccc(S(=O)(=O)N4CCCCC4)cc3)n2-c2ccc(OC)cc2)cc1. The van der Waals surface area contributed by atoms with Crippen molar-refractivity contribution in [2.75, 3.05) is 27.3 Å². The molecular formula is C28H29N3O4S2. The van der Waals surface area contributed by atoms with Crippen LogP contribution in [-0.2, 0) is 10.0 Å². The lowest BCUT2D eigenvalue weighted by atomic mass is 10.1. The van der Waals surface area contributed by atoms with Crippen LogP contribution in [0.3, 0.4) is 0 Å². The third-order valence-electron chi connectivity index (χ3n) is 6.44. The normalized spacial score (nSPS) is 15.0. The van der Waals surface area contributed by atoms with Crippen LogP contribution in [0.5, 0.6) is 11.5 Å². The van der Waals surface area contributed by atoms with Gasteiger partial charge in [0.1, 0.15) is 11.5 Å². The number of hydrogen-bond acceptors (Lipinski definition) is 6. The van der Waals surface area contributed by atoms with Gasteiger partial charge in [-0.05, 0) is 79.1 Å². The first-order valence-electron chi connectivity index (χ1n) is 12.1. The number of thiazole rings is 1. The Morgan fingerprint density at radius 3 is 1.97 bits per heavy atom. The van der Waals surface area contributed by atoms with Crippen LogP contribution in [0.2, 0.25) is 0 Å². The fourth-order valence-corrected chi connectivity index (χ4v) is 6.83. The molecule has 1 saturated heterocycles. The number of ether oxygens (including phenoxy) is 2. The third kappa shape index (κ3) is 5.34. The summed E-state index contributed by atoms with van der Waals surface area (Å²) in [5.74, 6) is 1.54. The summed E-state index contributed by atoms with van der Waals surface area (Å²) in [4.78, 5) is 6.01. The van der Waals surface area contributed by atoms with Crippen molar-refractivity contribution in [2.24, 2.45) is 4.99 Å². The minimum atomic E-state index is -3.49. The average molecular weight is 536 g/mol. The van der Waals surface area contributed by atoms with Crippen molar-refractivity contribution in [3.8, 4) is 28.4 Å². The van der Waals surface area contributed by atoms with Crippen LogP contribution in [-0.4, -0.2) is 44.6 Å². The molecule has 1 aromatic heterocycles.